The number of ether oxygens (including phenoxy) is 3. The van der Waals surface area contributed by atoms with Crippen LogP contribution in [0.2, 0.25) is 0 Å². The molecule has 0 aliphatic carbocycles. The maximum absolute atomic E-state index is 12.0. The summed E-state index contributed by atoms with van der Waals surface area (Å²) in [6.07, 6.45) is 22.5. The number of nitrogens with one attached hydrogen (secondary N) is 2. The van der Waals surface area contributed by atoms with Crippen molar-refractivity contribution in [1.82, 2.24) is 10.6 Å². The van der Waals surface area contributed by atoms with Gasteiger partial charge in [0.25, 0.3) is 0 Å². The van der Waals surface area contributed by atoms with Gasteiger partial charge < -0.3 is 19.3 Å². The highest BCUT2D eigenvalue weighted by molar-refractivity contribution is 6.22. The van der Waals surface area contributed by atoms with E-state index in [0.29, 0.717) is 37.2 Å². The summed E-state index contributed by atoms with van der Waals surface area (Å²) in [5.74, 6) is -2.01. The predicted molar refractivity (Wildman–Crippen MR) is 255 cm³/mol. The van der Waals surface area contributed by atoms with Gasteiger partial charge >= 0.3 is 23.9 Å². The van der Waals surface area contributed by atoms with Gasteiger partial charge in [0, 0.05) is 6.42 Å². The van der Waals surface area contributed by atoms with Crippen molar-refractivity contribution in [1.29, 1.82) is 0 Å². The third-order valence-electron chi connectivity index (χ3n) is 10.9. The van der Waals surface area contributed by atoms with Crippen LogP contribution in [0.15, 0.2) is 128 Å². The Kier molecular flexibility index (Phi) is 26.2. The molecule has 0 radical (unpaired) electrons. The number of hydrogen-bond donors (Lipinski definition) is 3. The van der Waals surface area contributed by atoms with Gasteiger partial charge in [-0.05, 0) is 73.6 Å². The summed E-state index contributed by atoms with van der Waals surface area (Å²) in [6.45, 7) is 4.79. The number of cyclic esters (lactones) is 1. The number of hydrogen-bond acceptors (Lipinski definition) is 10. The minimum absolute atomic E-state index is 0.0112. The minimum Gasteiger partial charge on any atom is -0.507 e. The topological polar surface area (TPSA) is 174 Å². The monoisotopic (exact) mass is 904 g/mol. The summed E-state index contributed by atoms with van der Waals surface area (Å²) in [6, 6.07) is 32.9. The van der Waals surface area contributed by atoms with E-state index < -0.39 is 29.2 Å². The maximum atomic E-state index is 12.0. The van der Waals surface area contributed by atoms with E-state index in [1.807, 2.05) is 48.5 Å². The molecule has 4 aromatic rings. The quantitative estimate of drug-likeness (QED) is 0.0457. The fourth-order valence-corrected chi connectivity index (χ4v) is 7.05. The van der Waals surface area contributed by atoms with Gasteiger partial charge in [0.05, 0.1) is 18.4 Å². The van der Waals surface area contributed by atoms with E-state index in [4.69, 9.17) is 14.2 Å². The van der Waals surface area contributed by atoms with Gasteiger partial charge in [0.2, 0.25) is 11.8 Å². The number of rotatable bonds is 10. The number of carbonyl (C=O) groups is 6. The smallest absolute Gasteiger partial charge is 0.346 e. The summed E-state index contributed by atoms with van der Waals surface area (Å²) in [4.78, 5) is 69.4. The number of para-hydroxylation sites is 1. The molecule has 2 fully saturated rings. The van der Waals surface area contributed by atoms with Crippen molar-refractivity contribution in [3.8, 4) is 5.75 Å². The third-order valence-corrected chi connectivity index (χ3v) is 10.9. The summed E-state index contributed by atoms with van der Waals surface area (Å²) < 4.78 is 15.3. The van der Waals surface area contributed by atoms with Crippen molar-refractivity contribution in [2.75, 3.05) is 6.61 Å². The van der Waals surface area contributed by atoms with Gasteiger partial charge in [-0.25, -0.2) is 14.4 Å². The molecule has 2 aliphatic rings. The number of phenols is 1. The lowest BCUT2D eigenvalue weighted by molar-refractivity contribution is -0.144. The van der Waals surface area contributed by atoms with E-state index in [1.165, 1.54) is 82.6 Å². The molecule has 0 atom stereocenters. The molecule has 12 heteroatoms. The van der Waals surface area contributed by atoms with Crippen LogP contribution in [-0.2, 0) is 40.6 Å². The summed E-state index contributed by atoms with van der Waals surface area (Å²) in [5.41, 5.74) is 1.03. The van der Waals surface area contributed by atoms with Gasteiger partial charge in [-0.3, -0.25) is 25.0 Å². The van der Waals surface area contributed by atoms with E-state index in [9.17, 15) is 33.9 Å². The first-order valence-electron chi connectivity index (χ1n) is 23.4. The zero-order valence-electron chi connectivity index (χ0n) is 38.7. The Morgan fingerprint density at radius 3 is 1.73 bits per heavy atom. The van der Waals surface area contributed by atoms with Gasteiger partial charge in [0.1, 0.15) is 17.9 Å². The van der Waals surface area contributed by atoms with Crippen LogP contribution in [0, 0.1) is 0 Å². The van der Waals surface area contributed by atoms with Gasteiger partial charge in [-0.15, -0.1) is 0 Å². The second-order valence-electron chi connectivity index (χ2n) is 15.9. The van der Waals surface area contributed by atoms with Crippen molar-refractivity contribution < 1.29 is 48.1 Å². The molecular weight excluding hydrogens is 837 g/mol. The number of allylic oxidation sites excluding steroid dienone is 1. The molecule has 66 heavy (non-hydrogen) atoms. The molecule has 4 aromatic carbocycles. The Balaban J connectivity index is 0.000000234. The highest BCUT2D eigenvalue weighted by Gasteiger charge is 2.50. The average Bonchev–Trinajstić information content (AvgIpc) is 3.33. The van der Waals surface area contributed by atoms with Crippen LogP contribution < -0.4 is 10.6 Å². The SMILES string of the molecule is CCC1(c2ccccc2)C(=O)NC(=O)NC1=O.CCCC/C=C/OC(=O)c1ccccc1O.O=C(OCc1ccccc1)c1ccccc1.O=C1CCCCCCCCCCCCCCO1. The van der Waals surface area contributed by atoms with Crippen molar-refractivity contribution >= 4 is 35.8 Å². The summed E-state index contributed by atoms with van der Waals surface area (Å²) in [5, 5.41) is 13.7. The lowest BCUT2D eigenvalue weighted by Crippen LogP contribution is -2.64. The molecule has 0 unspecified atom stereocenters. The second-order valence-corrected chi connectivity index (χ2v) is 15.9. The van der Waals surface area contributed by atoms with Crippen LogP contribution in [0.1, 0.15) is 155 Å². The number of urea groups is 1. The lowest BCUT2D eigenvalue weighted by atomic mass is 9.75. The predicted octanol–water partition coefficient (Wildman–Crippen LogP) is 11.6. The number of benzene rings is 4. The molecule has 0 aromatic heterocycles. The van der Waals surface area contributed by atoms with E-state index in [2.05, 4.69) is 17.6 Å². The Morgan fingerprint density at radius 1 is 0.652 bits per heavy atom. The average molecular weight is 905 g/mol. The van der Waals surface area contributed by atoms with E-state index in [-0.39, 0.29) is 23.3 Å². The Bertz CT molecular complexity index is 2030. The first kappa shape index (κ1) is 53.8. The molecule has 0 bridgehead atoms. The van der Waals surface area contributed by atoms with Crippen LogP contribution >= 0.6 is 0 Å². The van der Waals surface area contributed by atoms with Gasteiger partial charge in [0.15, 0.2) is 5.41 Å². The molecule has 0 saturated carbocycles. The highest BCUT2D eigenvalue weighted by Crippen LogP contribution is 2.30. The van der Waals surface area contributed by atoms with Crippen molar-refractivity contribution in [3.05, 3.63) is 150 Å². The van der Waals surface area contributed by atoms with Gasteiger partial charge in [-0.2, -0.15) is 0 Å². The molecule has 354 valence electrons. The van der Waals surface area contributed by atoms with Crippen molar-refractivity contribution in [2.24, 2.45) is 0 Å². The second kappa shape index (κ2) is 32.2. The molecule has 2 aliphatic heterocycles. The molecular formula is C54H68N2O10. The molecule has 4 amide bonds. The van der Waals surface area contributed by atoms with E-state index >= 15 is 0 Å². The van der Waals surface area contributed by atoms with Crippen LogP contribution in [-0.4, -0.2) is 47.5 Å². The molecule has 2 heterocycles. The summed E-state index contributed by atoms with van der Waals surface area (Å²) in [7, 11) is 0. The molecule has 12 nitrogen and oxygen atoms in total. The first-order chi connectivity index (χ1) is 32.1. The number of unbranched alkanes of at least 4 members (excludes halogenated alkanes) is 2. The number of barbiturate groups is 1. The molecule has 0 spiro atoms. The fourth-order valence-electron chi connectivity index (χ4n) is 7.05. The standard InChI is InChI=1S/C15H28O2.C14H12O2.C13H16O3.C12H12N2O3/c16-15-13-11-9-7-5-3-1-2-4-6-8-10-12-14-17-15;15-14(13-9-5-2-6-10-13)16-11-12-7-3-1-4-8-12;1-2-3-4-7-10-16-13(15)11-8-5-6-9-12(11)14;1-2-12(8-6-4-3-5-7-8)9(15)13-11(17)14-10(12)16/h1-14H2;1-10H,11H2;5-10,14H,2-4H2,1H3;3-7H,2H2,1H3,(H2,13,14,15,16,17)/b;;10-7+;. The van der Waals surface area contributed by atoms with Crippen LogP contribution in [0.4, 0.5) is 4.79 Å². The van der Waals surface area contributed by atoms with Crippen LogP contribution in [0.3, 0.4) is 0 Å². The van der Waals surface area contributed by atoms with Crippen molar-refractivity contribution in [3.63, 3.8) is 0 Å². The number of esters is 3. The number of carbonyl (C=O) groups excluding carboxylic acids is 6. The zero-order chi connectivity index (χ0) is 47.7. The van der Waals surface area contributed by atoms with E-state index in [0.717, 1.165) is 37.7 Å². The normalized spacial score (nSPS) is 15.6. The maximum Gasteiger partial charge on any atom is 0.346 e. The minimum atomic E-state index is -1.31. The zero-order valence-corrected chi connectivity index (χ0v) is 38.7. The lowest BCUT2D eigenvalue weighted by Gasteiger charge is -2.33. The molecule has 2 saturated heterocycles. The third kappa shape index (κ3) is 20.1. The Morgan fingerprint density at radius 2 is 1.17 bits per heavy atom. The number of imide groups is 2. The van der Waals surface area contributed by atoms with Crippen molar-refractivity contribution in [2.45, 2.75) is 135 Å². The molecule has 6 rings (SSSR count). The number of amides is 4. The summed E-state index contributed by atoms with van der Waals surface area (Å²) >= 11 is 0. The first-order valence-corrected chi connectivity index (χ1v) is 23.4. The highest BCUT2D eigenvalue weighted by atomic mass is 16.5. The van der Waals surface area contributed by atoms with Crippen LogP contribution in [0.25, 0.3) is 0 Å². The Hall–Kier alpha value is -6.56. The Labute approximate surface area is 390 Å². The largest absolute Gasteiger partial charge is 0.507 e. The van der Waals surface area contributed by atoms with Crippen LogP contribution in [0.5, 0.6) is 5.75 Å². The number of phenolic OH excluding ortho intramolecular Hbond substituents is 1. The molecule has 3 N–H and O–H groups in total. The van der Waals surface area contributed by atoms with E-state index in [1.54, 1.807) is 67.6 Å². The van der Waals surface area contributed by atoms with Gasteiger partial charge in [-0.1, -0.05) is 175 Å². The number of aromatic hydroxyl groups is 1. The fraction of sp³-hybridized carbons (Fsp3) is 0.407.